The Morgan fingerprint density at radius 3 is 0.957 bits per heavy atom. The fourth-order valence-electron chi connectivity index (χ4n) is 6.98. The summed E-state index contributed by atoms with van der Waals surface area (Å²) in [4.78, 5) is 10.1. The zero-order valence-corrected chi connectivity index (χ0v) is 25.1. The molecule has 9 aromatic rings. The number of fused-ring (bicyclic) bond motifs is 4. The molecule has 0 saturated carbocycles. The zero-order valence-electron chi connectivity index (χ0n) is 25.1. The highest BCUT2D eigenvalue weighted by molar-refractivity contribution is 6.13. The molecule has 0 atom stereocenters. The van der Waals surface area contributed by atoms with Crippen molar-refractivity contribution in [1.29, 1.82) is 0 Å². The first-order chi connectivity index (χ1) is 22.8. The molecule has 0 spiro atoms. The van der Waals surface area contributed by atoms with Gasteiger partial charge in [-0.15, -0.1) is 0 Å². The largest absolute Gasteiger partial charge is 0.256 e. The first kappa shape index (κ1) is 26.3. The Morgan fingerprint density at radius 1 is 0.304 bits per heavy atom. The van der Waals surface area contributed by atoms with Crippen LogP contribution in [0.2, 0.25) is 0 Å². The quantitative estimate of drug-likeness (QED) is 0.192. The molecular formula is C44H28N2. The van der Waals surface area contributed by atoms with Crippen molar-refractivity contribution in [3.63, 3.8) is 0 Å². The summed E-state index contributed by atoms with van der Waals surface area (Å²) in [7, 11) is 0. The van der Waals surface area contributed by atoms with Gasteiger partial charge in [0.25, 0.3) is 0 Å². The summed E-state index contributed by atoms with van der Waals surface area (Å²) < 4.78 is 0. The molecule has 2 heteroatoms. The summed E-state index contributed by atoms with van der Waals surface area (Å²) in [6, 6.07) is 56.1. The molecule has 0 aliphatic heterocycles. The van der Waals surface area contributed by atoms with Gasteiger partial charge in [-0.25, -0.2) is 0 Å². The van der Waals surface area contributed by atoms with Crippen LogP contribution in [0.4, 0.5) is 0 Å². The van der Waals surface area contributed by atoms with Crippen LogP contribution >= 0.6 is 0 Å². The molecule has 0 amide bonds. The van der Waals surface area contributed by atoms with Crippen molar-refractivity contribution >= 4 is 43.1 Å². The molecule has 2 heterocycles. The van der Waals surface area contributed by atoms with E-state index in [0.29, 0.717) is 0 Å². The standard InChI is InChI=1S/C44H28N2/c1-5-15-35-29(11-1)25-30-12-2-6-16-36(30)43(35)33-21-23-41(45-27-33)39-19-9-10-20-40(39)42-24-22-34(28-46-42)44-37-17-7-3-13-31(37)26-32-14-4-8-18-38(32)44/h1-28H. The number of rotatable bonds is 4. The molecule has 0 radical (unpaired) electrons. The molecule has 46 heavy (non-hydrogen) atoms. The van der Waals surface area contributed by atoms with Crippen molar-refractivity contribution in [2.45, 2.75) is 0 Å². The van der Waals surface area contributed by atoms with Gasteiger partial charge in [-0.1, -0.05) is 133 Å². The molecule has 2 aromatic heterocycles. The third-order valence-electron chi connectivity index (χ3n) is 9.13. The number of hydrogen-bond acceptors (Lipinski definition) is 2. The molecule has 7 aromatic carbocycles. The minimum Gasteiger partial charge on any atom is -0.256 e. The minimum atomic E-state index is 0.926. The van der Waals surface area contributed by atoms with Crippen molar-refractivity contribution in [3.05, 3.63) is 170 Å². The second-order valence-corrected chi connectivity index (χ2v) is 11.8. The molecule has 0 fully saturated rings. The predicted molar refractivity (Wildman–Crippen MR) is 194 cm³/mol. The van der Waals surface area contributed by atoms with Gasteiger partial charge in [-0.3, -0.25) is 9.97 Å². The smallest absolute Gasteiger partial charge is 0.0709 e. The lowest BCUT2D eigenvalue weighted by Gasteiger charge is -2.14. The molecule has 0 aliphatic carbocycles. The SMILES string of the molecule is c1ccc(-c2ccc(-c3c4ccccc4cc4ccccc34)cn2)c(-c2ccc(-c3c4ccccc4cc4ccccc34)cn2)c1. The predicted octanol–water partition coefficient (Wildman–Crippen LogP) is 11.8. The number of nitrogens with zero attached hydrogens (tertiary/aromatic N) is 2. The van der Waals surface area contributed by atoms with E-state index in [1.54, 1.807) is 0 Å². The van der Waals surface area contributed by atoms with Crippen LogP contribution < -0.4 is 0 Å². The molecular weight excluding hydrogens is 556 g/mol. The lowest BCUT2D eigenvalue weighted by molar-refractivity contribution is 1.30. The van der Waals surface area contributed by atoms with Crippen molar-refractivity contribution in [2.75, 3.05) is 0 Å². The Morgan fingerprint density at radius 2 is 0.630 bits per heavy atom. The van der Waals surface area contributed by atoms with E-state index in [-0.39, 0.29) is 0 Å². The molecule has 0 aliphatic rings. The van der Waals surface area contributed by atoms with E-state index in [4.69, 9.17) is 9.97 Å². The third-order valence-corrected chi connectivity index (χ3v) is 9.13. The van der Waals surface area contributed by atoms with Crippen LogP contribution in [0.15, 0.2) is 170 Å². The summed E-state index contributed by atoms with van der Waals surface area (Å²) >= 11 is 0. The Bertz CT molecular complexity index is 2270. The van der Waals surface area contributed by atoms with E-state index in [0.717, 1.165) is 33.6 Å². The van der Waals surface area contributed by atoms with E-state index >= 15 is 0 Å². The zero-order chi connectivity index (χ0) is 30.5. The summed E-state index contributed by atoms with van der Waals surface area (Å²) in [5.74, 6) is 0. The van der Waals surface area contributed by atoms with Gasteiger partial charge in [0.2, 0.25) is 0 Å². The number of pyridine rings is 2. The van der Waals surface area contributed by atoms with E-state index in [2.05, 4.69) is 158 Å². The van der Waals surface area contributed by atoms with Crippen LogP contribution in [0.3, 0.4) is 0 Å². The molecule has 9 rings (SSSR count). The second kappa shape index (κ2) is 10.8. The van der Waals surface area contributed by atoms with E-state index in [1.165, 1.54) is 54.2 Å². The van der Waals surface area contributed by atoms with E-state index < -0.39 is 0 Å². The molecule has 2 nitrogen and oxygen atoms in total. The highest BCUT2D eigenvalue weighted by Crippen LogP contribution is 2.39. The molecule has 0 saturated heterocycles. The summed E-state index contributed by atoms with van der Waals surface area (Å²) in [5.41, 5.74) is 8.64. The maximum absolute atomic E-state index is 5.03. The lowest BCUT2D eigenvalue weighted by atomic mass is 9.92. The van der Waals surface area contributed by atoms with Crippen molar-refractivity contribution in [2.24, 2.45) is 0 Å². The number of hydrogen-bond donors (Lipinski definition) is 0. The summed E-state index contributed by atoms with van der Waals surface area (Å²) in [5, 5.41) is 9.87. The Hall–Kier alpha value is -6.12. The van der Waals surface area contributed by atoms with Crippen molar-refractivity contribution < 1.29 is 0 Å². The van der Waals surface area contributed by atoms with Gasteiger partial charge in [-0.05, 0) is 78.5 Å². The Balaban J connectivity index is 1.12. The Labute approximate surface area is 267 Å². The lowest BCUT2D eigenvalue weighted by Crippen LogP contribution is -1.92. The van der Waals surface area contributed by atoms with Crippen LogP contribution in [-0.2, 0) is 0 Å². The van der Waals surface area contributed by atoms with Gasteiger partial charge in [0.15, 0.2) is 0 Å². The Kier molecular flexibility index (Phi) is 6.17. The highest BCUT2D eigenvalue weighted by atomic mass is 14.7. The van der Waals surface area contributed by atoms with Gasteiger partial charge < -0.3 is 0 Å². The first-order valence-corrected chi connectivity index (χ1v) is 15.7. The van der Waals surface area contributed by atoms with Crippen LogP contribution in [0, 0.1) is 0 Å². The molecule has 0 bridgehead atoms. The van der Waals surface area contributed by atoms with Gasteiger partial charge >= 0.3 is 0 Å². The summed E-state index contributed by atoms with van der Waals surface area (Å²) in [6.45, 7) is 0. The van der Waals surface area contributed by atoms with Crippen LogP contribution in [0.1, 0.15) is 0 Å². The molecule has 214 valence electrons. The normalized spacial score (nSPS) is 11.5. The van der Waals surface area contributed by atoms with Crippen molar-refractivity contribution in [1.82, 2.24) is 9.97 Å². The third kappa shape index (κ3) is 4.35. The average molecular weight is 585 g/mol. The monoisotopic (exact) mass is 584 g/mol. The second-order valence-electron chi connectivity index (χ2n) is 11.8. The van der Waals surface area contributed by atoms with Gasteiger partial charge in [0.1, 0.15) is 0 Å². The van der Waals surface area contributed by atoms with E-state index in [9.17, 15) is 0 Å². The van der Waals surface area contributed by atoms with Crippen molar-refractivity contribution in [3.8, 4) is 44.8 Å². The minimum absolute atomic E-state index is 0.926. The topological polar surface area (TPSA) is 25.8 Å². The van der Waals surface area contributed by atoms with Crippen LogP contribution in [0.25, 0.3) is 87.9 Å². The maximum Gasteiger partial charge on any atom is 0.0709 e. The van der Waals surface area contributed by atoms with Crippen LogP contribution in [-0.4, -0.2) is 9.97 Å². The van der Waals surface area contributed by atoms with Gasteiger partial charge in [0.05, 0.1) is 11.4 Å². The highest BCUT2D eigenvalue weighted by Gasteiger charge is 2.15. The number of aromatic nitrogens is 2. The van der Waals surface area contributed by atoms with Crippen LogP contribution in [0.5, 0.6) is 0 Å². The van der Waals surface area contributed by atoms with E-state index in [1.807, 2.05) is 12.4 Å². The van der Waals surface area contributed by atoms with Gasteiger partial charge in [0, 0.05) is 34.6 Å². The fraction of sp³-hybridized carbons (Fsp3) is 0. The first-order valence-electron chi connectivity index (χ1n) is 15.7. The summed E-state index contributed by atoms with van der Waals surface area (Å²) in [6.07, 6.45) is 4.03. The maximum atomic E-state index is 5.03. The average Bonchev–Trinajstić information content (AvgIpc) is 3.13. The fourth-order valence-corrected chi connectivity index (χ4v) is 6.98. The van der Waals surface area contributed by atoms with Gasteiger partial charge in [-0.2, -0.15) is 0 Å². The molecule has 0 N–H and O–H groups in total. The number of benzene rings is 7. The molecule has 0 unspecified atom stereocenters.